The van der Waals surface area contributed by atoms with Gasteiger partial charge in [-0.15, -0.1) is 13.2 Å². The molecule has 0 aliphatic heterocycles. The van der Waals surface area contributed by atoms with Crippen LogP contribution in [0.1, 0.15) is 61.6 Å². The maximum Gasteiger partial charge on any atom is 0.573 e. The molecule has 4 atom stereocenters. The number of benzene rings is 2. The van der Waals surface area contributed by atoms with Gasteiger partial charge in [0, 0.05) is 11.0 Å². The van der Waals surface area contributed by atoms with E-state index in [1.54, 1.807) is 6.07 Å². The van der Waals surface area contributed by atoms with Crippen LogP contribution in [0, 0.1) is 17.3 Å². The minimum atomic E-state index is -4.75. The molecule has 2 aromatic carbocycles. The summed E-state index contributed by atoms with van der Waals surface area (Å²) in [4.78, 5) is 5.66. The molecule has 5 rings (SSSR count). The summed E-state index contributed by atoms with van der Waals surface area (Å²) < 4.78 is 46.5. The van der Waals surface area contributed by atoms with Crippen molar-refractivity contribution in [3.05, 3.63) is 53.1 Å². The van der Waals surface area contributed by atoms with Crippen LogP contribution in [0.3, 0.4) is 0 Å². The Bertz CT molecular complexity index is 1230. The Morgan fingerprint density at radius 2 is 1.89 bits per heavy atom. The van der Waals surface area contributed by atoms with Crippen molar-refractivity contribution in [2.75, 3.05) is 7.11 Å². The van der Waals surface area contributed by atoms with Crippen LogP contribution >= 0.6 is 0 Å². The van der Waals surface area contributed by atoms with Gasteiger partial charge in [-0.3, -0.25) is 0 Å². The van der Waals surface area contributed by atoms with Crippen molar-refractivity contribution in [3.8, 4) is 17.2 Å². The molecule has 0 radical (unpaired) electrons. The second-order valence-corrected chi connectivity index (χ2v) is 10.2. The predicted octanol–water partition coefficient (Wildman–Crippen LogP) is 6.36. The first kappa shape index (κ1) is 25.2. The average molecular weight is 519 g/mol. The van der Waals surface area contributed by atoms with E-state index in [0.29, 0.717) is 29.4 Å². The Labute approximate surface area is 212 Å². The lowest BCUT2D eigenvalue weighted by molar-refractivity contribution is -0.274. The number of phenols is 1. The summed E-state index contributed by atoms with van der Waals surface area (Å²) in [6, 6.07) is 8.99. The van der Waals surface area contributed by atoms with Gasteiger partial charge < -0.3 is 24.6 Å². The molecule has 0 unspecified atom stereocenters. The summed E-state index contributed by atoms with van der Waals surface area (Å²) in [5, 5.41) is 28.2. The van der Waals surface area contributed by atoms with Gasteiger partial charge in [0.25, 0.3) is 0 Å². The molecule has 0 amide bonds. The van der Waals surface area contributed by atoms with Gasteiger partial charge in [0.15, 0.2) is 11.5 Å². The molecule has 3 aliphatic carbocycles. The zero-order chi connectivity index (χ0) is 26.4. The number of alkyl halides is 3. The molecule has 0 spiro atoms. The van der Waals surface area contributed by atoms with Crippen LogP contribution in [-0.4, -0.2) is 35.2 Å². The Balaban J connectivity index is 1.42. The number of aromatic hydroxyl groups is 1. The van der Waals surface area contributed by atoms with E-state index in [1.165, 1.54) is 31.4 Å². The van der Waals surface area contributed by atoms with Crippen molar-refractivity contribution in [2.24, 2.45) is 27.6 Å². The van der Waals surface area contributed by atoms with E-state index in [4.69, 9.17) is 9.57 Å². The molecule has 10 heteroatoms. The van der Waals surface area contributed by atoms with Crippen molar-refractivity contribution < 1.29 is 37.8 Å². The highest BCUT2D eigenvalue weighted by molar-refractivity contribution is 6.04. The minimum absolute atomic E-state index is 0.0175. The molecule has 0 heterocycles. The third-order valence-corrected chi connectivity index (χ3v) is 8.35. The van der Waals surface area contributed by atoms with Crippen molar-refractivity contribution >= 4 is 11.4 Å². The van der Waals surface area contributed by atoms with Gasteiger partial charge in [-0.1, -0.05) is 29.4 Å². The fourth-order valence-electron chi connectivity index (χ4n) is 6.61. The number of oxime groups is 2. The fraction of sp³-hybridized carbons (Fsp3) is 0.481. The highest BCUT2D eigenvalue weighted by atomic mass is 19.4. The first-order chi connectivity index (χ1) is 17.6. The Hall–Kier alpha value is -3.43. The Morgan fingerprint density at radius 1 is 1.14 bits per heavy atom. The maximum absolute atomic E-state index is 12.4. The van der Waals surface area contributed by atoms with Gasteiger partial charge in [-0.25, -0.2) is 0 Å². The SMILES string of the molecule is COc1cc2c(cc1O)C(=NOCc1ccc(OC(F)(F)F)cc1)C[C@@H]1[C@@H]2CC[C@]2(C)C(=NO)CC[C@@H]12. The van der Waals surface area contributed by atoms with Crippen LogP contribution in [0.4, 0.5) is 13.2 Å². The first-order valence-corrected chi connectivity index (χ1v) is 12.3. The summed E-state index contributed by atoms with van der Waals surface area (Å²) in [6.07, 6.45) is -0.578. The number of hydrogen-bond acceptors (Lipinski definition) is 7. The van der Waals surface area contributed by atoms with Crippen LogP contribution < -0.4 is 9.47 Å². The summed E-state index contributed by atoms with van der Waals surface area (Å²) in [5.74, 6) is 0.933. The molecule has 2 aromatic rings. The lowest BCUT2D eigenvalue weighted by atomic mass is 9.55. The number of fused-ring (bicyclic) bond motifs is 5. The summed E-state index contributed by atoms with van der Waals surface area (Å²) in [6.45, 7) is 2.24. The predicted molar refractivity (Wildman–Crippen MR) is 129 cm³/mol. The lowest BCUT2D eigenvalue weighted by Gasteiger charge is -2.48. The molecule has 0 saturated heterocycles. The normalized spacial score (nSPS) is 28.9. The number of nitrogens with zero attached hydrogens (tertiary/aromatic N) is 2. The van der Waals surface area contributed by atoms with Crippen molar-refractivity contribution in [1.29, 1.82) is 0 Å². The van der Waals surface area contributed by atoms with E-state index in [2.05, 4.69) is 22.0 Å². The number of phenolic OH excluding ortho intramolecular Hbond substituents is 1. The van der Waals surface area contributed by atoms with Gasteiger partial charge in [0.05, 0.1) is 18.5 Å². The first-order valence-electron chi connectivity index (χ1n) is 12.3. The second kappa shape index (κ2) is 9.46. The zero-order valence-corrected chi connectivity index (χ0v) is 20.6. The largest absolute Gasteiger partial charge is 0.573 e. The summed E-state index contributed by atoms with van der Waals surface area (Å²) in [7, 11) is 1.52. The number of hydrogen-bond donors (Lipinski definition) is 2. The van der Waals surface area contributed by atoms with Gasteiger partial charge >= 0.3 is 6.36 Å². The highest BCUT2D eigenvalue weighted by Gasteiger charge is 2.54. The van der Waals surface area contributed by atoms with Gasteiger partial charge in [-0.05, 0) is 85.3 Å². The standard InChI is InChI=1S/C27H29F3N2O5/c1-26-10-9-17-18-13-24(35-2)23(33)12-20(18)22(11-19(17)21(26)7-8-25(26)31-34)32-36-14-15-3-5-16(6-4-15)37-27(28,29)30/h3-6,12-13,17,19,21,33-34H,7-11,14H2,1-2H3/t17-,19-,21+,26+/m1/s1. The molecule has 7 nitrogen and oxygen atoms in total. The molecular weight excluding hydrogens is 489 g/mol. The third-order valence-electron chi connectivity index (χ3n) is 8.35. The molecular formula is C27H29F3N2O5. The number of halogens is 3. The topological polar surface area (TPSA) is 92.9 Å². The van der Waals surface area contributed by atoms with Crippen LogP contribution in [0.15, 0.2) is 46.7 Å². The molecule has 2 saturated carbocycles. The zero-order valence-electron chi connectivity index (χ0n) is 20.6. The van der Waals surface area contributed by atoms with E-state index in [0.717, 1.165) is 42.5 Å². The van der Waals surface area contributed by atoms with E-state index in [9.17, 15) is 23.5 Å². The Kier molecular flexibility index (Phi) is 6.45. The van der Waals surface area contributed by atoms with Crippen molar-refractivity contribution in [3.63, 3.8) is 0 Å². The minimum Gasteiger partial charge on any atom is -0.504 e. The monoisotopic (exact) mass is 518 g/mol. The molecule has 37 heavy (non-hydrogen) atoms. The molecule has 0 bridgehead atoms. The second-order valence-electron chi connectivity index (χ2n) is 10.2. The van der Waals surface area contributed by atoms with Crippen LogP contribution in [0.5, 0.6) is 17.2 Å². The highest BCUT2D eigenvalue weighted by Crippen LogP contribution is 2.60. The van der Waals surface area contributed by atoms with Crippen LogP contribution in [0.25, 0.3) is 0 Å². The smallest absolute Gasteiger partial charge is 0.504 e. The fourth-order valence-corrected chi connectivity index (χ4v) is 6.61. The number of rotatable bonds is 5. The third kappa shape index (κ3) is 4.69. The van der Waals surface area contributed by atoms with Crippen molar-refractivity contribution in [2.45, 2.75) is 57.9 Å². The molecule has 2 fully saturated rings. The van der Waals surface area contributed by atoms with E-state index < -0.39 is 6.36 Å². The van der Waals surface area contributed by atoms with E-state index >= 15 is 0 Å². The number of methoxy groups -OCH3 is 1. The maximum atomic E-state index is 12.4. The van der Waals surface area contributed by atoms with Gasteiger partial charge in [0.1, 0.15) is 12.4 Å². The molecule has 0 aromatic heterocycles. The van der Waals surface area contributed by atoms with E-state index in [1.807, 2.05) is 6.07 Å². The lowest BCUT2D eigenvalue weighted by Crippen LogP contribution is -2.43. The van der Waals surface area contributed by atoms with Crippen LogP contribution in [-0.2, 0) is 11.4 Å². The van der Waals surface area contributed by atoms with Gasteiger partial charge in [0.2, 0.25) is 0 Å². The van der Waals surface area contributed by atoms with Gasteiger partial charge in [-0.2, -0.15) is 0 Å². The Morgan fingerprint density at radius 3 is 2.57 bits per heavy atom. The van der Waals surface area contributed by atoms with Crippen LogP contribution in [0.2, 0.25) is 0 Å². The average Bonchev–Trinajstić information content (AvgIpc) is 3.20. The van der Waals surface area contributed by atoms with Crippen molar-refractivity contribution in [1.82, 2.24) is 0 Å². The van der Waals surface area contributed by atoms with E-state index in [-0.39, 0.29) is 35.4 Å². The summed E-state index contributed by atoms with van der Waals surface area (Å²) in [5.41, 5.74) is 3.89. The summed E-state index contributed by atoms with van der Waals surface area (Å²) >= 11 is 0. The quantitative estimate of drug-likeness (QED) is 0.355. The molecule has 2 N–H and O–H groups in total. The number of ether oxygens (including phenoxy) is 2. The molecule has 3 aliphatic rings. The molecule has 198 valence electrons.